The van der Waals surface area contributed by atoms with E-state index in [1.807, 2.05) is 20.8 Å². The third-order valence-electron chi connectivity index (χ3n) is 3.89. The zero-order valence-electron chi connectivity index (χ0n) is 13.7. The number of aliphatic carboxylic acids is 1. The van der Waals surface area contributed by atoms with Crippen molar-refractivity contribution in [3.63, 3.8) is 0 Å². The molecule has 0 aromatic heterocycles. The SMILES string of the molecule is CCC(C)(C)N(C)C(=O)NC[C@H](CC(=O)O)CC(C)C. The van der Waals surface area contributed by atoms with Gasteiger partial charge in [0.15, 0.2) is 0 Å². The van der Waals surface area contributed by atoms with Gasteiger partial charge in [-0.3, -0.25) is 4.79 Å². The van der Waals surface area contributed by atoms with Crippen molar-refractivity contribution in [3.8, 4) is 0 Å². The van der Waals surface area contributed by atoms with Gasteiger partial charge in [-0.05, 0) is 38.5 Å². The van der Waals surface area contributed by atoms with Gasteiger partial charge in [-0.15, -0.1) is 0 Å². The van der Waals surface area contributed by atoms with Crippen LogP contribution < -0.4 is 5.32 Å². The van der Waals surface area contributed by atoms with Crippen LogP contribution in [0.15, 0.2) is 0 Å². The van der Waals surface area contributed by atoms with Crippen molar-refractivity contribution in [3.05, 3.63) is 0 Å². The van der Waals surface area contributed by atoms with Crippen LogP contribution in [0.25, 0.3) is 0 Å². The van der Waals surface area contributed by atoms with Crippen molar-refractivity contribution in [1.82, 2.24) is 10.2 Å². The molecule has 0 aliphatic heterocycles. The number of nitrogens with zero attached hydrogens (tertiary/aromatic N) is 1. The van der Waals surface area contributed by atoms with Crippen LogP contribution >= 0.6 is 0 Å². The molecule has 0 unspecified atom stereocenters. The summed E-state index contributed by atoms with van der Waals surface area (Å²) in [6.45, 7) is 10.6. The van der Waals surface area contributed by atoms with Gasteiger partial charge in [0.05, 0.1) is 0 Å². The van der Waals surface area contributed by atoms with Crippen molar-refractivity contribution in [2.24, 2.45) is 11.8 Å². The molecule has 0 saturated heterocycles. The van der Waals surface area contributed by atoms with Gasteiger partial charge in [-0.25, -0.2) is 4.79 Å². The topological polar surface area (TPSA) is 69.6 Å². The Labute approximate surface area is 122 Å². The maximum Gasteiger partial charge on any atom is 0.317 e. The van der Waals surface area contributed by atoms with Crippen LogP contribution in [-0.4, -0.2) is 41.1 Å². The van der Waals surface area contributed by atoms with Crippen molar-refractivity contribution < 1.29 is 14.7 Å². The Hall–Kier alpha value is -1.26. The van der Waals surface area contributed by atoms with Gasteiger partial charge in [0.2, 0.25) is 0 Å². The summed E-state index contributed by atoms with van der Waals surface area (Å²) in [5.74, 6) is -0.414. The van der Waals surface area contributed by atoms with Crippen molar-refractivity contribution in [1.29, 1.82) is 0 Å². The molecule has 0 spiro atoms. The van der Waals surface area contributed by atoms with Gasteiger partial charge in [-0.2, -0.15) is 0 Å². The molecule has 0 aromatic carbocycles. The average Bonchev–Trinajstić information content (AvgIpc) is 2.33. The van der Waals surface area contributed by atoms with E-state index in [0.717, 1.165) is 12.8 Å². The molecule has 0 bridgehead atoms. The molecule has 0 saturated carbocycles. The number of hydrogen-bond acceptors (Lipinski definition) is 2. The van der Waals surface area contributed by atoms with Crippen LogP contribution in [0.4, 0.5) is 4.79 Å². The van der Waals surface area contributed by atoms with E-state index in [4.69, 9.17) is 5.11 Å². The molecule has 0 rings (SSSR count). The number of hydrogen-bond donors (Lipinski definition) is 2. The minimum Gasteiger partial charge on any atom is -0.481 e. The predicted molar refractivity (Wildman–Crippen MR) is 80.7 cm³/mol. The van der Waals surface area contributed by atoms with Gasteiger partial charge in [0.1, 0.15) is 0 Å². The first kappa shape index (κ1) is 18.7. The second kappa shape index (κ2) is 8.12. The van der Waals surface area contributed by atoms with E-state index in [9.17, 15) is 9.59 Å². The van der Waals surface area contributed by atoms with Crippen molar-refractivity contribution in [2.75, 3.05) is 13.6 Å². The number of urea groups is 1. The predicted octanol–water partition coefficient (Wildman–Crippen LogP) is 2.95. The summed E-state index contributed by atoms with van der Waals surface area (Å²) >= 11 is 0. The molecular weight excluding hydrogens is 256 g/mol. The Morgan fingerprint density at radius 2 is 1.85 bits per heavy atom. The Balaban J connectivity index is 4.46. The normalized spacial score (nSPS) is 13.2. The highest BCUT2D eigenvalue weighted by Gasteiger charge is 2.26. The number of carboxylic acid groups (broad SMARTS) is 1. The molecule has 1 atom stereocenters. The minimum absolute atomic E-state index is 0.0189. The molecule has 5 heteroatoms. The third-order valence-corrected chi connectivity index (χ3v) is 3.89. The summed E-state index contributed by atoms with van der Waals surface area (Å²) in [7, 11) is 1.77. The first-order valence-electron chi connectivity index (χ1n) is 7.33. The molecule has 0 aromatic rings. The van der Waals surface area contributed by atoms with Crippen LogP contribution in [0, 0.1) is 11.8 Å². The molecule has 0 aliphatic rings. The van der Waals surface area contributed by atoms with Gasteiger partial charge < -0.3 is 15.3 Å². The maximum atomic E-state index is 12.1. The summed E-state index contributed by atoms with van der Waals surface area (Å²) in [6, 6.07) is -0.143. The Kier molecular flexibility index (Phi) is 7.61. The number of carbonyl (C=O) groups is 2. The summed E-state index contributed by atoms with van der Waals surface area (Å²) in [5, 5.41) is 11.8. The molecule has 0 radical (unpaired) electrons. The maximum absolute atomic E-state index is 12.1. The van der Waals surface area contributed by atoms with E-state index < -0.39 is 5.97 Å². The molecular formula is C15H30N2O3. The largest absolute Gasteiger partial charge is 0.481 e. The number of nitrogens with one attached hydrogen (secondary N) is 1. The van der Waals surface area contributed by atoms with E-state index in [-0.39, 0.29) is 23.9 Å². The van der Waals surface area contributed by atoms with Crippen molar-refractivity contribution >= 4 is 12.0 Å². The highest BCUT2D eigenvalue weighted by molar-refractivity contribution is 5.74. The third kappa shape index (κ3) is 6.78. The number of carbonyl (C=O) groups excluding carboxylic acids is 1. The molecule has 0 heterocycles. The smallest absolute Gasteiger partial charge is 0.317 e. The van der Waals surface area contributed by atoms with Crippen molar-refractivity contribution in [2.45, 2.75) is 59.4 Å². The molecule has 0 aliphatic carbocycles. The highest BCUT2D eigenvalue weighted by Crippen LogP contribution is 2.17. The summed E-state index contributed by atoms with van der Waals surface area (Å²) in [6.07, 6.45) is 1.76. The fourth-order valence-electron chi connectivity index (χ4n) is 2.01. The quantitative estimate of drug-likeness (QED) is 0.720. The lowest BCUT2D eigenvalue weighted by atomic mass is 9.94. The average molecular weight is 286 g/mol. The fraction of sp³-hybridized carbons (Fsp3) is 0.867. The lowest BCUT2D eigenvalue weighted by Crippen LogP contribution is -2.50. The summed E-state index contributed by atoms with van der Waals surface area (Å²) < 4.78 is 0. The molecule has 20 heavy (non-hydrogen) atoms. The van der Waals surface area contributed by atoms with Crippen LogP contribution in [0.1, 0.15) is 53.9 Å². The zero-order valence-corrected chi connectivity index (χ0v) is 13.7. The lowest BCUT2D eigenvalue weighted by Gasteiger charge is -2.35. The Morgan fingerprint density at radius 1 is 1.30 bits per heavy atom. The van der Waals surface area contributed by atoms with E-state index in [0.29, 0.717) is 12.5 Å². The Morgan fingerprint density at radius 3 is 2.25 bits per heavy atom. The first-order valence-corrected chi connectivity index (χ1v) is 7.33. The van der Waals surface area contributed by atoms with Crippen LogP contribution in [-0.2, 0) is 4.79 Å². The van der Waals surface area contributed by atoms with E-state index in [2.05, 4.69) is 19.2 Å². The first-order chi connectivity index (χ1) is 9.10. The number of rotatable bonds is 8. The Bertz CT molecular complexity index is 327. The van der Waals surface area contributed by atoms with Gasteiger partial charge in [-0.1, -0.05) is 20.8 Å². The van der Waals surface area contributed by atoms with E-state index >= 15 is 0 Å². The van der Waals surface area contributed by atoms with Crippen LogP contribution in [0.5, 0.6) is 0 Å². The summed E-state index contributed by atoms with van der Waals surface area (Å²) in [5.41, 5.74) is -0.204. The standard InChI is InChI=1S/C15H30N2O3/c1-7-15(4,5)17(6)14(20)16-10-12(8-11(2)3)9-13(18)19/h11-12H,7-10H2,1-6H3,(H,16,20)(H,18,19)/t12-/m0/s1. The summed E-state index contributed by atoms with van der Waals surface area (Å²) in [4.78, 5) is 24.6. The van der Waals surface area contributed by atoms with Gasteiger partial charge in [0, 0.05) is 25.6 Å². The van der Waals surface area contributed by atoms with Gasteiger partial charge in [0.25, 0.3) is 0 Å². The van der Waals surface area contributed by atoms with Gasteiger partial charge >= 0.3 is 12.0 Å². The van der Waals surface area contributed by atoms with E-state index in [1.165, 1.54) is 0 Å². The second-order valence-electron chi connectivity index (χ2n) is 6.50. The monoisotopic (exact) mass is 286 g/mol. The second-order valence-corrected chi connectivity index (χ2v) is 6.50. The lowest BCUT2D eigenvalue weighted by molar-refractivity contribution is -0.138. The number of carboxylic acids is 1. The minimum atomic E-state index is -0.813. The van der Waals surface area contributed by atoms with Crippen LogP contribution in [0.3, 0.4) is 0 Å². The fourth-order valence-corrected chi connectivity index (χ4v) is 2.01. The molecule has 5 nitrogen and oxygen atoms in total. The molecule has 2 amide bonds. The zero-order chi connectivity index (χ0) is 15.9. The number of amides is 2. The molecule has 2 N–H and O–H groups in total. The molecule has 0 fully saturated rings. The van der Waals surface area contributed by atoms with Crippen LogP contribution in [0.2, 0.25) is 0 Å². The highest BCUT2D eigenvalue weighted by atomic mass is 16.4. The molecule has 118 valence electrons. The van der Waals surface area contributed by atoms with E-state index in [1.54, 1.807) is 11.9 Å².